The number of nitrogens with zero attached hydrogens (tertiary/aromatic N) is 1. The number of hydrogen-bond donors (Lipinski definition) is 3. The Morgan fingerprint density at radius 3 is 2.62 bits per heavy atom. The summed E-state index contributed by atoms with van der Waals surface area (Å²) in [6, 6.07) is 6.06. The van der Waals surface area contributed by atoms with E-state index in [1.54, 1.807) is 14.2 Å². The van der Waals surface area contributed by atoms with Crippen LogP contribution in [0.1, 0.15) is 24.5 Å². The predicted molar refractivity (Wildman–Crippen MR) is 115 cm³/mol. The van der Waals surface area contributed by atoms with Crippen molar-refractivity contribution in [1.29, 1.82) is 0 Å². The second kappa shape index (κ2) is 14.6. The molecule has 0 bridgehead atoms. The number of hydrogen-bond acceptors (Lipinski definition) is 4. The van der Waals surface area contributed by atoms with Crippen LogP contribution < -0.4 is 20.7 Å². The maximum Gasteiger partial charge on any atom is 0.239 e. The monoisotopic (exact) mass is 478 g/mol. The average molecular weight is 478 g/mol. The third-order valence-electron chi connectivity index (χ3n) is 3.43. The Labute approximate surface area is 173 Å². The summed E-state index contributed by atoms with van der Waals surface area (Å²) in [5.74, 6) is 1.33. The maximum atomic E-state index is 11.6. The third kappa shape index (κ3) is 9.81. The lowest BCUT2D eigenvalue weighted by Gasteiger charge is -2.15. The van der Waals surface area contributed by atoms with Gasteiger partial charge in [0.05, 0.1) is 13.2 Å². The standard InChI is InChI=1S/C18H30N4O3.HI/c1-5-8-20-17(23)13-22-18(19-3)21-12-15-7-6-14(2)11-16(15)25-10-9-24-4;/h6-7,11H,5,8-10,12-13H2,1-4H3,(H,20,23)(H2,19,21,22);1H. The molecule has 148 valence electrons. The molecule has 0 aliphatic rings. The first-order chi connectivity index (χ1) is 12.1. The lowest BCUT2D eigenvalue weighted by Crippen LogP contribution is -2.43. The Balaban J connectivity index is 0.00000625. The summed E-state index contributed by atoms with van der Waals surface area (Å²) < 4.78 is 10.8. The molecule has 0 atom stereocenters. The van der Waals surface area contributed by atoms with E-state index in [1.165, 1.54) is 0 Å². The Morgan fingerprint density at radius 2 is 1.96 bits per heavy atom. The highest BCUT2D eigenvalue weighted by Crippen LogP contribution is 2.20. The van der Waals surface area contributed by atoms with Crippen LogP contribution in [0.2, 0.25) is 0 Å². The van der Waals surface area contributed by atoms with E-state index in [1.807, 2.05) is 32.0 Å². The minimum atomic E-state index is -0.0521. The fourth-order valence-corrected chi connectivity index (χ4v) is 2.07. The van der Waals surface area contributed by atoms with Crippen molar-refractivity contribution < 1.29 is 14.3 Å². The van der Waals surface area contributed by atoms with Crippen molar-refractivity contribution in [2.75, 3.05) is 40.5 Å². The van der Waals surface area contributed by atoms with Gasteiger partial charge in [0, 0.05) is 32.8 Å². The molecule has 3 N–H and O–H groups in total. The van der Waals surface area contributed by atoms with Crippen molar-refractivity contribution in [3.8, 4) is 5.75 Å². The number of carbonyl (C=O) groups is 1. The largest absolute Gasteiger partial charge is 0.491 e. The molecule has 0 heterocycles. The molecule has 0 aliphatic heterocycles. The van der Waals surface area contributed by atoms with E-state index in [0.717, 1.165) is 23.3 Å². The molecule has 26 heavy (non-hydrogen) atoms. The van der Waals surface area contributed by atoms with Crippen LogP contribution in [0, 0.1) is 6.92 Å². The van der Waals surface area contributed by atoms with Gasteiger partial charge in [0.1, 0.15) is 12.4 Å². The van der Waals surface area contributed by atoms with E-state index in [0.29, 0.717) is 32.3 Å². The summed E-state index contributed by atoms with van der Waals surface area (Å²) in [5, 5.41) is 9.01. The number of aryl methyl sites for hydroxylation is 1. The van der Waals surface area contributed by atoms with Crippen LogP contribution >= 0.6 is 24.0 Å². The number of aliphatic imine (C=N–C) groups is 1. The summed E-state index contributed by atoms with van der Waals surface area (Å²) >= 11 is 0. The van der Waals surface area contributed by atoms with Gasteiger partial charge >= 0.3 is 0 Å². The third-order valence-corrected chi connectivity index (χ3v) is 3.43. The molecule has 7 nitrogen and oxygen atoms in total. The van der Waals surface area contributed by atoms with Crippen LogP contribution in [0.25, 0.3) is 0 Å². The van der Waals surface area contributed by atoms with Crippen LogP contribution in [-0.2, 0) is 16.1 Å². The Kier molecular flexibility index (Phi) is 13.7. The number of guanidine groups is 1. The van der Waals surface area contributed by atoms with Gasteiger partial charge in [-0.15, -0.1) is 24.0 Å². The number of methoxy groups -OCH3 is 1. The molecule has 1 amide bonds. The minimum Gasteiger partial charge on any atom is -0.491 e. The molecular weight excluding hydrogens is 447 g/mol. The van der Waals surface area contributed by atoms with E-state index in [4.69, 9.17) is 9.47 Å². The average Bonchev–Trinajstić information content (AvgIpc) is 2.61. The summed E-state index contributed by atoms with van der Waals surface area (Å²) in [6.45, 7) is 6.48. The highest BCUT2D eigenvalue weighted by atomic mass is 127. The molecule has 0 fully saturated rings. The highest BCUT2D eigenvalue weighted by molar-refractivity contribution is 14.0. The number of halogens is 1. The summed E-state index contributed by atoms with van der Waals surface area (Å²) in [5.41, 5.74) is 2.14. The maximum absolute atomic E-state index is 11.6. The van der Waals surface area contributed by atoms with Crippen LogP contribution in [0.15, 0.2) is 23.2 Å². The molecule has 0 spiro atoms. The van der Waals surface area contributed by atoms with Crippen LogP contribution in [0.4, 0.5) is 0 Å². The van der Waals surface area contributed by atoms with E-state index >= 15 is 0 Å². The fourth-order valence-electron chi connectivity index (χ4n) is 2.07. The summed E-state index contributed by atoms with van der Waals surface area (Å²) in [7, 11) is 3.32. The summed E-state index contributed by atoms with van der Waals surface area (Å²) in [6.07, 6.45) is 0.915. The molecular formula is C18H31IN4O3. The van der Waals surface area contributed by atoms with E-state index in [2.05, 4.69) is 20.9 Å². The molecule has 0 saturated heterocycles. The van der Waals surface area contributed by atoms with E-state index < -0.39 is 0 Å². The molecule has 8 heteroatoms. The molecule has 0 saturated carbocycles. The lowest BCUT2D eigenvalue weighted by molar-refractivity contribution is -0.120. The van der Waals surface area contributed by atoms with Gasteiger partial charge in [0.25, 0.3) is 0 Å². The van der Waals surface area contributed by atoms with E-state index in [9.17, 15) is 4.79 Å². The van der Waals surface area contributed by atoms with Crippen molar-refractivity contribution in [3.63, 3.8) is 0 Å². The van der Waals surface area contributed by atoms with E-state index in [-0.39, 0.29) is 36.4 Å². The second-order valence-electron chi connectivity index (χ2n) is 5.58. The van der Waals surface area contributed by atoms with Crippen molar-refractivity contribution in [1.82, 2.24) is 16.0 Å². The smallest absolute Gasteiger partial charge is 0.239 e. The van der Waals surface area contributed by atoms with Crippen molar-refractivity contribution in [2.45, 2.75) is 26.8 Å². The first-order valence-electron chi connectivity index (χ1n) is 8.53. The van der Waals surface area contributed by atoms with Crippen LogP contribution in [-0.4, -0.2) is 52.3 Å². The normalized spacial score (nSPS) is 10.7. The number of carbonyl (C=O) groups excluding carboxylic acids is 1. The Hall–Kier alpha value is -1.55. The number of ether oxygens (including phenoxy) is 2. The van der Waals surface area contributed by atoms with Gasteiger partial charge in [0.2, 0.25) is 5.91 Å². The molecule has 1 aromatic carbocycles. The van der Waals surface area contributed by atoms with Crippen LogP contribution in [0.3, 0.4) is 0 Å². The minimum absolute atomic E-state index is 0. The number of amides is 1. The van der Waals surface area contributed by atoms with Gasteiger partial charge in [0.15, 0.2) is 5.96 Å². The van der Waals surface area contributed by atoms with Gasteiger partial charge in [-0.2, -0.15) is 0 Å². The second-order valence-corrected chi connectivity index (χ2v) is 5.58. The fraction of sp³-hybridized carbons (Fsp3) is 0.556. The predicted octanol–water partition coefficient (Wildman–Crippen LogP) is 1.83. The zero-order valence-electron chi connectivity index (χ0n) is 16.1. The van der Waals surface area contributed by atoms with Crippen molar-refractivity contribution in [2.24, 2.45) is 4.99 Å². The number of rotatable bonds is 10. The SMILES string of the molecule is CCCNC(=O)CNC(=NC)NCc1ccc(C)cc1OCCOC.I. The molecule has 1 aromatic rings. The van der Waals surface area contributed by atoms with Gasteiger partial charge in [-0.25, -0.2) is 0 Å². The molecule has 0 aliphatic carbocycles. The number of benzene rings is 1. The first kappa shape index (κ1) is 24.5. The highest BCUT2D eigenvalue weighted by Gasteiger charge is 2.07. The van der Waals surface area contributed by atoms with Gasteiger partial charge in [-0.05, 0) is 25.0 Å². The zero-order chi connectivity index (χ0) is 18.5. The van der Waals surface area contributed by atoms with Crippen molar-refractivity contribution in [3.05, 3.63) is 29.3 Å². The Bertz CT molecular complexity index is 567. The topological polar surface area (TPSA) is 84.0 Å². The van der Waals surface area contributed by atoms with Gasteiger partial charge in [-0.1, -0.05) is 19.1 Å². The molecule has 1 rings (SSSR count). The summed E-state index contributed by atoms with van der Waals surface area (Å²) in [4.78, 5) is 15.8. The first-order valence-corrected chi connectivity index (χ1v) is 8.53. The Morgan fingerprint density at radius 1 is 1.19 bits per heavy atom. The molecule has 0 radical (unpaired) electrons. The molecule has 0 unspecified atom stereocenters. The quantitative estimate of drug-likeness (QED) is 0.207. The lowest BCUT2D eigenvalue weighted by atomic mass is 10.1. The number of nitrogens with one attached hydrogen (secondary N) is 3. The molecule has 0 aromatic heterocycles. The van der Waals surface area contributed by atoms with Crippen molar-refractivity contribution >= 4 is 35.8 Å². The van der Waals surface area contributed by atoms with Crippen LogP contribution in [0.5, 0.6) is 5.75 Å². The van der Waals surface area contributed by atoms with Gasteiger partial charge < -0.3 is 25.4 Å². The van der Waals surface area contributed by atoms with Gasteiger partial charge in [-0.3, -0.25) is 9.79 Å². The zero-order valence-corrected chi connectivity index (χ0v) is 18.4.